The number of carbonyl (C=O) groups excluding carboxylic acids is 1. The van der Waals surface area contributed by atoms with Gasteiger partial charge < -0.3 is 15.2 Å². The fourth-order valence-electron chi connectivity index (χ4n) is 4.92. The maximum Gasteiger partial charge on any atom is 0.417 e. The molecule has 2 atom stereocenters. The molecular weight excluding hydrogens is 459 g/mol. The summed E-state index contributed by atoms with van der Waals surface area (Å²) in [7, 11) is 1.05. The molecule has 1 saturated heterocycles. The Hall–Kier alpha value is -2.20. The Morgan fingerprint density at radius 1 is 1.18 bits per heavy atom. The number of alkyl halides is 5. The highest BCUT2D eigenvalue weighted by molar-refractivity contribution is 5.99. The lowest BCUT2D eigenvalue weighted by Crippen LogP contribution is -2.55. The monoisotopic (exact) mass is 490 g/mol. The summed E-state index contributed by atoms with van der Waals surface area (Å²) in [5, 5.41) is 12.5. The molecule has 0 radical (unpaired) electrons. The van der Waals surface area contributed by atoms with Crippen molar-refractivity contribution in [3.63, 3.8) is 0 Å². The number of benzene rings is 1. The smallest absolute Gasteiger partial charge is 0.417 e. The van der Waals surface area contributed by atoms with Crippen LogP contribution >= 0.6 is 0 Å². The molecule has 2 fully saturated rings. The number of rotatable bonds is 7. The minimum atomic E-state index is -5.05. The molecule has 1 heterocycles. The van der Waals surface area contributed by atoms with E-state index in [1.165, 1.54) is 0 Å². The average Bonchev–Trinajstić information content (AvgIpc) is 2.78. The molecule has 10 heteroatoms. The molecule has 0 spiro atoms. The Morgan fingerprint density at radius 2 is 1.82 bits per heavy atom. The molecule has 1 aliphatic carbocycles. The van der Waals surface area contributed by atoms with Gasteiger partial charge in [-0.05, 0) is 37.8 Å². The van der Waals surface area contributed by atoms with Crippen LogP contribution < -0.4 is 10.1 Å². The van der Waals surface area contributed by atoms with Crippen molar-refractivity contribution in [2.45, 2.75) is 75.2 Å². The predicted molar refractivity (Wildman–Crippen MR) is 117 cm³/mol. The average molecular weight is 491 g/mol. The van der Waals surface area contributed by atoms with Crippen molar-refractivity contribution >= 4 is 5.91 Å². The number of amides is 1. The van der Waals surface area contributed by atoms with E-state index in [0.717, 1.165) is 38.5 Å². The van der Waals surface area contributed by atoms with Crippen molar-refractivity contribution in [2.75, 3.05) is 20.2 Å². The second-order valence-electron chi connectivity index (χ2n) is 8.99. The number of nitrogens with zero attached hydrogens (tertiary/aromatic N) is 1. The number of hydrogen-bond acceptors (Lipinski definition) is 4. The number of aliphatic hydroxyl groups is 1. The molecule has 0 bridgehead atoms. The van der Waals surface area contributed by atoms with Crippen LogP contribution in [-0.4, -0.2) is 54.3 Å². The SMILES string of the molecule is C=CCC(F)(F)c1cc(OC)c(C(=O)N[C@@H]2CCCC[C@@H]2N2CCC(O)CC2)c(C(F)(F)F)c1. The summed E-state index contributed by atoms with van der Waals surface area (Å²) in [5.74, 6) is -5.16. The van der Waals surface area contributed by atoms with Crippen LogP contribution in [0.15, 0.2) is 24.8 Å². The Bertz CT molecular complexity index is 882. The van der Waals surface area contributed by atoms with Crippen molar-refractivity contribution in [3.05, 3.63) is 41.5 Å². The minimum Gasteiger partial charge on any atom is -0.496 e. The molecule has 1 aromatic carbocycles. The van der Waals surface area contributed by atoms with Crippen LogP contribution in [-0.2, 0) is 12.1 Å². The normalized spacial score (nSPS) is 22.9. The van der Waals surface area contributed by atoms with E-state index >= 15 is 0 Å². The number of hydrogen-bond donors (Lipinski definition) is 2. The molecule has 1 amide bonds. The zero-order valence-corrected chi connectivity index (χ0v) is 19.1. The molecule has 1 aliphatic heterocycles. The number of aliphatic hydroxyl groups excluding tert-OH is 1. The summed E-state index contributed by atoms with van der Waals surface area (Å²) >= 11 is 0. The molecule has 0 unspecified atom stereocenters. The Morgan fingerprint density at radius 3 is 2.41 bits per heavy atom. The molecule has 1 saturated carbocycles. The number of nitrogens with one attached hydrogen (secondary N) is 1. The minimum absolute atomic E-state index is 0.0678. The first-order chi connectivity index (χ1) is 16.0. The number of halogens is 5. The van der Waals surface area contributed by atoms with E-state index < -0.39 is 52.9 Å². The van der Waals surface area contributed by atoms with Crippen LogP contribution in [0, 0.1) is 0 Å². The number of ether oxygens (including phenoxy) is 1. The largest absolute Gasteiger partial charge is 0.496 e. The highest BCUT2D eigenvalue weighted by atomic mass is 19.4. The number of piperidine rings is 1. The molecule has 2 aliphatic rings. The zero-order chi connectivity index (χ0) is 25.1. The van der Waals surface area contributed by atoms with Crippen LogP contribution in [0.3, 0.4) is 0 Å². The van der Waals surface area contributed by atoms with Gasteiger partial charge in [0.05, 0.1) is 24.3 Å². The van der Waals surface area contributed by atoms with Crippen molar-refractivity contribution < 1.29 is 36.6 Å². The van der Waals surface area contributed by atoms with E-state index in [9.17, 15) is 31.9 Å². The summed E-state index contributed by atoms with van der Waals surface area (Å²) < 4.78 is 75.6. The fourth-order valence-corrected chi connectivity index (χ4v) is 4.92. The van der Waals surface area contributed by atoms with Gasteiger partial charge in [-0.1, -0.05) is 18.9 Å². The van der Waals surface area contributed by atoms with Gasteiger partial charge in [0.25, 0.3) is 11.8 Å². The maximum absolute atomic E-state index is 14.4. The molecule has 190 valence electrons. The first kappa shape index (κ1) is 26.4. The lowest BCUT2D eigenvalue weighted by molar-refractivity contribution is -0.138. The van der Waals surface area contributed by atoms with Gasteiger partial charge in [0.15, 0.2) is 0 Å². The number of likely N-dealkylation sites (tertiary alicyclic amines) is 1. The van der Waals surface area contributed by atoms with Crippen molar-refractivity contribution in [2.24, 2.45) is 0 Å². The first-order valence-electron chi connectivity index (χ1n) is 11.5. The van der Waals surface area contributed by atoms with E-state index in [4.69, 9.17) is 4.74 Å². The summed E-state index contributed by atoms with van der Waals surface area (Å²) in [5.41, 5.74) is -3.15. The van der Waals surface area contributed by atoms with Gasteiger partial charge in [-0.2, -0.15) is 13.2 Å². The van der Waals surface area contributed by atoms with Gasteiger partial charge in [-0.15, -0.1) is 6.58 Å². The van der Waals surface area contributed by atoms with E-state index in [1.54, 1.807) is 0 Å². The number of carbonyl (C=O) groups is 1. The highest BCUT2D eigenvalue weighted by Gasteiger charge is 2.42. The molecule has 0 aromatic heterocycles. The summed E-state index contributed by atoms with van der Waals surface area (Å²) in [6.07, 6.45) is -1.04. The maximum atomic E-state index is 14.4. The zero-order valence-electron chi connectivity index (χ0n) is 19.1. The van der Waals surface area contributed by atoms with Crippen LogP contribution in [0.25, 0.3) is 0 Å². The molecule has 3 rings (SSSR count). The lowest BCUT2D eigenvalue weighted by atomic mass is 9.87. The third-order valence-electron chi connectivity index (χ3n) is 6.69. The lowest BCUT2D eigenvalue weighted by Gasteiger charge is -2.43. The van der Waals surface area contributed by atoms with E-state index in [-0.39, 0.29) is 12.1 Å². The Labute approximate surface area is 196 Å². The van der Waals surface area contributed by atoms with E-state index in [1.807, 2.05) is 0 Å². The molecular formula is C24H31F5N2O3. The van der Waals surface area contributed by atoms with Gasteiger partial charge in [0.1, 0.15) is 5.75 Å². The Kier molecular flexibility index (Phi) is 8.23. The standard InChI is InChI=1S/C24H31F5N2O3/c1-3-10-23(25,26)15-13-17(24(27,28)29)21(20(14-15)34-2)22(33)30-18-6-4-5-7-19(18)31-11-8-16(32)9-12-31/h3,13-14,16,18-19,32H,1,4-12H2,2H3,(H,30,33)/t18-,19+/m1/s1. The Balaban J connectivity index is 1.94. The second kappa shape index (κ2) is 10.6. The van der Waals surface area contributed by atoms with Crippen molar-refractivity contribution in [1.82, 2.24) is 10.2 Å². The van der Waals surface area contributed by atoms with Gasteiger partial charge in [-0.3, -0.25) is 9.69 Å². The van der Waals surface area contributed by atoms with Gasteiger partial charge in [0, 0.05) is 37.2 Å². The molecule has 2 N–H and O–H groups in total. The van der Waals surface area contributed by atoms with E-state index in [2.05, 4.69) is 16.8 Å². The number of allylic oxidation sites excluding steroid dienone is 1. The summed E-state index contributed by atoms with van der Waals surface area (Å²) in [4.78, 5) is 15.3. The van der Waals surface area contributed by atoms with E-state index in [0.29, 0.717) is 38.4 Å². The van der Waals surface area contributed by atoms with Crippen LogP contribution in [0.5, 0.6) is 5.75 Å². The highest BCUT2D eigenvalue weighted by Crippen LogP contribution is 2.42. The predicted octanol–water partition coefficient (Wildman–Crippen LogP) is 4.88. The topological polar surface area (TPSA) is 61.8 Å². The third kappa shape index (κ3) is 5.89. The second-order valence-corrected chi connectivity index (χ2v) is 8.99. The van der Waals surface area contributed by atoms with Crippen molar-refractivity contribution in [1.29, 1.82) is 0 Å². The third-order valence-corrected chi connectivity index (χ3v) is 6.69. The first-order valence-corrected chi connectivity index (χ1v) is 11.5. The van der Waals surface area contributed by atoms with Crippen LogP contribution in [0.2, 0.25) is 0 Å². The van der Waals surface area contributed by atoms with Gasteiger partial charge >= 0.3 is 6.18 Å². The molecule has 1 aromatic rings. The summed E-state index contributed by atoms with van der Waals surface area (Å²) in [6.45, 7) is 4.51. The van der Waals surface area contributed by atoms with Crippen LogP contribution in [0.4, 0.5) is 22.0 Å². The number of methoxy groups -OCH3 is 1. The van der Waals surface area contributed by atoms with Gasteiger partial charge in [0.2, 0.25) is 0 Å². The van der Waals surface area contributed by atoms with Gasteiger partial charge in [-0.25, -0.2) is 8.78 Å². The summed E-state index contributed by atoms with van der Waals surface area (Å²) in [6, 6.07) is 0.648. The fraction of sp³-hybridized carbons (Fsp3) is 0.625. The molecule has 5 nitrogen and oxygen atoms in total. The van der Waals surface area contributed by atoms with Crippen LogP contribution in [0.1, 0.15) is 66.4 Å². The molecule has 34 heavy (non-hydrogen) atoms. The van der Waals surface area contributed by atoms with Crippen molar-refractivity contribution in [3.8, 4) is 5.75 Å². The quantitative estimate of drug-likeness (QED) is 0.423.